The molecule has 3 heteroatoms. The number of rotatable bonds is 4. The Labute approximate surface area is 120 Å². The first-order chi connectivity index (χ1) is 9.88. The molecule has 106 valence electrons. The molecule has 3 nitrogen and oxygen atoms in total. The highest BCUT2D eigenvalue weighted by Crippen LogP contribution is 2.31. The van der Waals surface area contributed by atoms with Crippen molar-refractivity contribution in [2.24, 2.45) is 0 Å². The van der Waals surface area contributed by atoms with Crippen molar-refractivity contribution in [3.8, 4) is 11.1 Å². The molecule has 0 spiro atoms. The van der Waals surface area contributed by atoms with E-state index in [1.165, 1.54) is 41.6 Å². The van der Waals surface area contributed by atoms with E-state index in [2.05, 4.69) is 46.7 Å². The van der Waals surface area contributed by atoms with E-state index in [9.17, 15) is 0 Å². The third-order valence-electron chi connectivity index (χ3n) is 4.18. The Morgan fingerprint density at radius 2 is 2.10 bits per heavy atom. The second kappa shape index (κ2) is 6.23. The number of nitrogens with one attached hydrogen (secondary N) is 2. The summed E-state index contributed by atoms with van der Waals surface area (Å²) in [4.78, 5) is 0. The predicted octanol–water partition coefficient (Wildman–Crippen LogP) is 3.50. The molecule has 20 heavy (non-hydrogen) atoms. The van der Waals surface area contributed by atoms with Crippen LogP contribution in [0.15, 0.2) is 30.5 Å². The summed E-state index contributed by atoms with van der Waals surface area (Å²) >= 11 is 0. The lowest BCUT2D eigenvalue weighted by atomic mass is 9.91. The molecular weight excluding hydrogens is 246 g/mol. The summed E-state index contributed by atoms with van der Waals surface area (Å²) in [5, 5.41) is 11.0. The van der Waals surface area contributed by atoms with Gasteiger partial charge in [-0.3, -0.25) is 5.10 Å². The minimum absolute atomic E-state index is 0.566. The normalized spacial score (nSPS) is 19.1. The summed E-state index contributed by atoms with van der Waals surface area (Å²) in [6.45, 7) is 4.42. The molecule has 3 rings (SSSR count). The zero-order valence-electron chi connectivity index (χ0n) is 12.2. The first-order valence-electron chi connectivity index (χ1n) is 7.71. The molecular formula is C17H23N3. The van der Waals surface area contributed by atoms with Gasteiger partial charge in [-0.1, -0.05) is 37.6 Å². The zero-order chi connectivity index (χ0) is 13.8. The molecule has 1 aromatic heterocycles. The monoisotopic (exact) mass is 269 g/mol. The largest absolute Gasteiger partial charge is 0.316 e. The fraction of sp³-hybridized carbons (Fsp3) is 0.471. The van der Waals surface area contributed by atoms with Crippen LogP contribution in [0.25, 0.3) is 11.1 Å². The molecule has 0 amide bonds. The van der Waals surface area contributed by atoms with E-state index < -0.39 is 0 Å². The number of aromatic nitrogens is 2. The van der Waals surface area contributed by atoms with Gasteiger partial charge in [0.1, 0.15) is 0 Å². The number of piperidine rings is 1. The molecule has 1 saturated heterocycles. The van der Waals surface area contributed by atoms with Gasteiger partial charge < -0.3 is 5.32 Å². The van der Waals surface area contributed by atoms with Gasteiger partial charge in [0.25, 0.3) is 0 Å². The minimum atomic E-state index is 0.566. The van der Waals surface area contributed by atoms with Crippen LogP contribution in [0.4, 0.5) is 0 Å². The number of benzene rings is 1. The maximum Gasteiger partial charge on any atom is 0.0568 e. The maximum atomic E-state index is 4.28. The van der Waals surface area contributed by atoms with E-state index in [0.29, 0.717) is 5.92 Å². The van der Waals surface area contributed by atoms with E-state index in [1.807, 2.05) is 6.20 Å². The SMILES string of the molecule is CCCc1ccc(-c2cn[nH]c2C2CCCNC2)cc1. The molecule has 0 radical (unpaired) electrons. The maximum absolute atomic E-state index is 4.28. The van der Waals surface area contributed by atoms with Crippen molar-refractivity contribution >= 4 is 0 Å². The van der Waals surface area contributed by atoms with Crippen molar-refractivity contribution in [2.45, 2.75) is 38.5 Å². The van der Waals surface area contributed by atoms with Gasteiger partial charge in [0, 0.05) is 23.7 Å². The van der Waals surface area contributed by atoms with Gasteiger partial charge in [0.15, 0.2) is 0 Å². The van der Waals surface area contributed by atoms with Gasteiger partial charge in [0.05, 0.1) is 6.20 Å². The molecule has 0 saturated carbocycles. The van der Waals surface area contributed by atoms with Gasteiger partial charge in [-0.05, 0) is 36.9 Å². The smallest absolute Gasteiger partial charge is 0.0568 e. The molecule has 0 bridgehead atoms. The Balaban J connectivity index is 1.84. The second-order valence-corrected chi connectivity index (χ2v) is 5.69. The predicted molar refractivity (Wildman–Crippen MR) is 82.9 cm³/mol. The molecule has 2 N–H and O–H groups in total. The third kappa shape index (κ3) is 2.78. The lowest BCUT2D eigenvalue weighted by Gasteiger charge is -2.22. The fourth-order valence-corrected chi connectivity index (χ4v) is 3.08. The summed E-state index contributed by atoms with van der Waals surface area (Å²) in [7, 11) is 0. The van der Waals surface area contributed by atoms with Crippen LogP contribution in [-0.2, 0) is 6.42 Å². The molecule has 1 atom stereocenters. The zero-order valence-corrected chi connectivity index (χ0v) is 12.2. The van der Waals surface area contributed by atoms with Gasteiger partial charge in [-0.15, -0.1) is 0 Å². The van der Waals surface area contributed by atoms with Crippen LogP contribution in [-0.4, -0.2) is 23.3 Å². The summed E-state index contributed by atoms with van der Waals surface area (Å²) in [5.74, 6) is 0.566. The molecule has 2 aromatic rings. The Morgan fingerprint density at radius 1 is 1.25 bits per heavy atom. The topological polar surface area (TPSA) is 40.7 Å². The van der Waals surface area contributed by atoms with Crippen molar-refractivity contribution < 1.29 is 0 Å². The fourth-order valence-electron chi connectivity index (χ4n) is 3.08. The van der Waals surface area contributed by atoms with Gasteiger partial charge in [-0.25, -0.2) is 0 Å². The van der Waals surface area contributed by atoms with Gasteiger partial charge in [-0.2, -0.15) is 5.10 Å². The standard InChI is InChI=1S/C17H23N3/c1-2-4-13-6-8-14(9-7-13)16-12-19-20-17(16)15-5-3-10-18-11-15/h6-9,12,15,18H,2-5,10-11H2,1H3,(H,19,20). The van der Waals surface area contributed by atoms with Crippen molar-refractivity contribution in [1.82, 2.24) is 15.5 Å². The molecule has 1 aromatic carbocycles. The third-order valence-corrected chi connectivity index (χ3v) is 4.18. The minimum Gasteiger partial charge on any atom is -0.316 e. The van der Waals surface area contributed by atoms with Crippen molar-refractivity contribution in [1.29, 1.82) is 0 Å². The van der Waals surface area contributed by atoms with Crippen molar-refractivity contribution in [3.05, 3.63) is 41.7 Å². The lowest BCUT2D eigenvalue weighted by molar-refractivity contribution is 0.455. The average molecular weight is 269 g/mol. The Hall–Kier alpha value is -1.61. The van der Waals surface area contributed by atoms with Crippen LogP contribution < -0.4 is 5.32 Å². The molecule has 1 aliphatic rings. The van der Waals surface area contributed by atoms with E-state index in [0.717, 1.165) is 19.5 Å². The van der Waals surface area contributed by atoms with Crippen LogP contribution in [0.3, 0.4) is 0 Å². The number of H-pyrrole nitrogens is 1. The van der Waals surface area contributed by atoms with E-state index in [1.54, 1.807) is 0 Å². The first-order valence-corrected chi connectivity index (χ1v) is 7.71. The summed E-state index contributed by atoms with van der Waals surface area (Å²) < 4.78 is 0. The summed E-state index contributed by atoms with van der Waals surface area (Å²) in [6, 6.07) is 8.95. The molecule has 0 aliphatic carbocycles. The molecule has 1 fully saturated rings. The number of hydrogen-bond acceptors (Lipinski definition) is 2. The highest BCUT2D eigenvalue weighted by atomic mass is 15.1. The van der Waals surface area contributed by atoms with Crippen LogP contribution in [0.2, 0.25) is 0 Å². The highest BCUT2D eigenvalue weighted by Gasteiger charge is 2.20. The van der Waals surface area contributed by atoms with E-state index in [-0.39, 0.29) is 0 Å². The molecule has 2 heterocycles. The Morgan fingerprint density at radius 3 is 2.80 bits per heavy atom. The van der Waals surface area contributed by atoms with Crippen LogP contribution in [0.5, 0.6) is 0 Å². The Kier molecular flexibility index (Phi) is 4.16. The number of nitrogens with zero attached hydrogens (tertiary/aromatic N) is 1. The average Bonchev–Trinajstić information content (AvgIpc) is 2.99. The van der Waals surface area contributed by atoms with Crippen LogP contribution >= 0.6 is 0 Å². The number of aromatic amines is 1. The second-order valence-electron chi connectivity index (χ2n) is 5.69. The van der Waals surface area contributed by atoms with Gasteiger partial charge in [0.2, 0.25) is 0 Å². The summed E-state index contributed by atoms with van der Waals surface area (Å²) in [5.41, 5.74) is 5.25. The number of hydrogen-bond donors (Lipinski definition) is 2. The van der Waals surface area contributed by atoms with Gasteiger partial charge >= 0.3 is 0 Å². The van der Waals surface area contributed by atoms with Crippen molar-refractivity contribution in [3.63, 3.8) is 0 Å². The van der Waals surface area contributed by atoms with E-state index >= 15 is 0 Å². The Bertz CT molecular complexity index is 536. The number of aryl methyl sites for hydroxylation is 1. The van der Waals surface area contributed by atoms with Crippen molar-refractivity contribution in [2.75, 3.05) is 13.1 Å². The molecule has 1 unspecified atom stereocenters. The lowest BCUT2D eigenvalue weighted by Crippen LogP contribution is -2.28. The highest BCUT2D eigenvalue weighted by molar-refractivity contribution is 5.66. The quantitative estimate of drug-likeness (QED) is 0.892. The van der Waals surface area contributed by atoms with Crippen LogP contribution in [0, 0.1) is 0 Å². The molecule has 1 aliphatic heterocycles. The first kappa shape index (κ1) is 13.4. The van der Waals surface area contributed by atoms with Crippen LogP contribution in [0.1, 0.15) is 43.4 Å². The van der Waals surface area contributed by atoms with E-state index in [4.69, 9.17) is 0 Å². The summed E-state index contributed by atoms with van der Waals surface area (Å²) in [6.07, 6.45) is 6.82.